The lowest BCUT2D eigenvalue weighted by atomic mass is 10.00. The van der Waals surface area contributed by atoms with Gasteiger partial charge in [0.1, 0.15) is 36.8 Å². The Labute approximate surface area is 285 Å². The summed E-state index contributed by atoms with van der Waals surface area (Å²) >= 11 is 0. The molecule has 6 atom stereocenters. The molecule has 0 saturated carbocycles. The molecule has 0 amide bonds. The molecule has 0 bridgehead atoms. The number of aliphatic hydroxyl groups is 3. The van der Waals surface area contributed by atoms with Crippen LogP contribution in [0.25, 0.3) is 0 Å². The molecule has 1 aliphatic heterocycles. The fraction of sp³-hybridized carbons (Fsp3) is 0.657. The van der Waals surface area contributed by atoms with E-state index in [2.05, 4.69) is 19.1 Å². The van der Waals surface area contributed by atoms with Crippen LogP contribution in [0, 0.1) is 0 Å². The zero-order valence-corrected chi connectivity index (χ0v) is 29.1. The number of carbonyl (C=O) groups is 2. The van der Waals surface area contributed by atoms with Crippen LogP contribution in [0.4, 0.5) is 0 Å². The van der Waals surface area contributed by atoms with Crippen molar-refractivity contribution in [1.29, 1.82) is 0 Å². The predicted octanol–water partition coefficient (Wildman–Crippen LogP) is 4.66. The highest BCUT2D eigenvalue weighted by Gasteiger charge is 2.46. The molecule has 1 saturated heterocycles. The number of hydrogen-bond donors (Lipinski definition) is 4. The van der Waals surface area contributed by atoms with Gasteiger partial charge in [0.15, 0.2) is 12.4 Å². The lowest BCUT2D eigenvalue weighted by molar-refractivity contribution is -0.297. The van der Waals surface area contributed by atoms with Crippen LogP contribution in [0.15, 0.2) is 60.8 Å². The van der Waals surface area contributed by atoms with Crippen LogP contribution in [0.2, 0.25) is 0 Å². The Balaban J connectivity index is 2.62. The van der Waals surface area contributed by atoms with Crippen molar-refractivity contribution in [1.82, 2.24) is 0 Å². The highest BCUT2D eigenvalue weighted by Crippen LogP contribution is 2.23. The average Bonchev–Trinajstić information content (AvgIpc) is 3.04. The van der Waals surface area contributed by atoms with Gasteiger partial charge in [-0.15, -0.1) is 0 Å². The molecule has 0 aromatic carbocycles. The van der Waals surface area contributed by atoms with Crippen LogP contribution < -0.4 is 0 Å². The van der Waals surface area contributed by atoms with Crippen LogP contribution in [0.1, 0.15) is 90.9 Å². The van der Waals surface area contributed by atoms with E-state index in [0.29, 0.717) is 12.8 Å². The fourth-order valence-electron chi connectivity index (χ4n) is 4.56. The number of unbranched alkanes of at least 4 members (excludes halogenated alkanes) is 5. The van der Waals surface area contributed by atoms with E-state index in [1.165, 1.54) is 0 Å². The highest BCUT2D eigenvalue weighted by atomic mass is 32.2. The van der Waals surface area contributed by atoms with Gasteiger partial charge in [-0.1, -0.05) is 93.9 Å². The van der Waals surface area contributed by atoms with Crippen LogP contribution in [0.3, 0.4) is 0 Å². The first-order valence-electron chi connectivity index (χ1n) is 16.9. The highest BCUT2D eigenvalue weighted by molar-refractivity contribution is 7.85. The number of allylic oxidation sites excluding steroid dienone is 10. The fourth-order valence-corrected chi connectivity index (χ4v) is 5.25. The second-order valence-corrected chi connectivity index (χ2v) is 13.0. The van der Waals surface area contributed by atoms with E-state index in [0.717, 1.165) is 51.4 Å². The van der Waals surface area contributed by atoms with Crippen LogP contribution >= 0.6 is 0 Å². The number of esters is 2. The molecule has 1 heterocycles. The van der Waals surface area contributed by atoms with Gasteiger partial charge in [0.05, 0.1) is 6.61 Å². The number of hydrogen-bond acceptors (Lipinski definition) is 11. The Hall–Kier alpha value is -2.65. The summed E-state index contributed by atoms with van der Waals surface area (Å²) in [7, 11) is -4.60. The molecule has 12 nitrogen and oxygen atoms in total. The van der Waals surface area contributed by atoms with E-state index >= 15 is 0 Å². The molecule has 4 N–H and O–H groups in total. The quantitative estimate of drug-likeness (QED) is 0.0340. The largest absolute Gasteiger partial charge is 0.462 e. The van der Waals surface area contributed by atoms with E-state index < -0.39 is 71.2 Å². The molecular formula is C35H56O12S. The topological polar surface area (TPSA) is 186 Å². The van der Waals surface area contributed by atoms with Gasteiger partial charge in [-0.05, 0) is 44.9 Å². The van der Waals surface area contributed by atoms with E-state index in [1.807, 2.05) is 55.5 Å². The molecule has 0 aliphatic carbocycles. The van der Waals surface area contributed by atoms with Gasteiger partial charge in [-0.3, -0.25) is 14.1 Å². The number of ether oxygens (including phenoxy) is 4. The zero-order valence-electron chi connectivity index (χ0n) is 28.3. The summed E-state index contributed by atoms with van der Waals surface area (Å²) in [6, 6.07) is 0. The van der Waals surface area contributed by atoms with Crippen LogP contribution in [0.5, 0.6) is 0 Å². The summed E-state index contributed by atoms with van der Waals surface area (Å²) in [5.41, 5.74) is 0. The zero-order chi connectivity index (χ0) is 35.6. The summed E-state index contributed by atoms with van der Waals surface area (Å²) in [6.45, 7) is 3.33. The van der Waals surface area contributed by atoms with Gasteiger partial charge >= 0.3 is 11.9 Å². The van der Waals surface area contributed by atoms with E-state index in [4.69, 9.17) is 23.5 Å². The lowest BCUT2D eigenvalue weighted by Crippen LogP contribution is -2.60. The first kappa shape index (κ1) is 43.4. The minimum Gasteiger partial charge on any atom is -0.462 e. The molecule has 3 unspecified atom stereocenters. The third-order valence-corrected chi connectivity index (χ3v) is 7.92. The van der Waals surface area contributed by atoms with Gasteiger partial charge in [0, 0.05) is 12.8 Å². The molecule has 1 rings (SSSR count). The maximum Gasteiger partial charge on any atom is 0.306 e. The second-order valence-electron chi connectivity index (χ2n) is 11.5. The monoisotopic (exact) mass is 700 g/mol. The van der Waals surface area contributed by atoms with Crippen molar-refractivity contribution in [3.8, 4) is 0 Å². The standard InChI is InChI=1S/C35H56O12S/c1-3-5-7-9-11-12-13-14-15-16-18-20-22-24-31(37)46-28(25-44-30(36)23-21-19-17-10-8-6-4-2)26-45-35-34(40)33(39)32(38)29(47-35)27-48(41,42)43/h5-9,11-13,17,19,28-29,32-35,38-40H,3-4,10,14-16,18,20-27H2,1-2H3,(H,41,42,43)/b7-5+,8-6+,11-9+,13-12+,19-17+/t28?,29-,32-,33?,34?,35+/m1/s1. The first-order valence-corrected chi connectivity index (χ1v) is 18.5. The Kier molecular flexibility index (Phi) is 23.7. The normalized spacial score (nSPS) is 22.8. The van der Waals surface area contributed by atoms with Crippen molar-refractivity contribution in [3.63, 3.8) is 0 Å². The number of rotatable bonds is 25. The summed E-state index contributed by atoms with van der Waals surface area (Å²) in [4.78, 5) is 25.0. The smallest absolute Gasteiger partial charge is 0.306 e. The van der Waals surface area contributed by atoms with Crippen molar-refractivity contribution < 1.29 is 56.8 Å². The van der Waals surface area contributed by atoms with Crippen molar-refractivity contribution in [2.24, 2.45) is 0 Å². The lowest BCUT2D eigenvalue weighted by Gasteiger charge is -2.40. The molecule has 0 radical (unpaired) electrons. The van der Waals surface area contributed by atoms with Crippen molar-refractivity contribution >= 4 is 22.1 Å². The van der Waals surface area contributed by atoms with Gasteiger partial charge in [-0.2, -0.15) is 8.42 Å². The SMILES string of the molecule is CC/C=C/C=C/C=C/CCCCCCCC(=O)OC(COC(=O)CC/C=C/C/C=C/CC)CO[C@H]1O[C@H](CS(=O)(=O)O)[C@@H](O)C(O)C1O. The van der Waals surface area contributed by atoms with Gasteiger partial charge < -0.3 is 34.3 Å². The van der Waals surface area contributed by atoms with Gasteiger partial charge in [0.2, 0.25) is 0 Å². The van der Waals surface area contributed by atoms with Gasteiger partial charge in [-0.25, -0.2) is 0 Å². The Bertz CT molecular complexity index is 1140. The molecule has 48 heavy (non-hydrogen) atoms. The van der Waals surface area contributed by atoms with Crippen LogP contribution in [-0.4, -0.2) is 96.0 Å². The molecule has 0 aromatic rings. The van der Waals surface area contributed by atoms with Crippen molar-refractivity contribution in [2.45, 2.75) is 128 Å². The van der Waals surface area contributed by atoms with E-state index in [-0.39, 0.29) is 19.4 Å². The molecule has 1 aliphatic rings. The number of carbonyl (C=O) groups excluding carboxylic acids is 2. The number of aliphatic hydroxyl groups excluding tert-OH is 3. The van der Waals surface area contributed by atoms with E-state index in [1.54, 1.807) is 0 Å². The average molecular weight is 701 g/mol. The molecule has 0 aromatic heterocycles. The Morgan fingerprint density at radius 3 is 2.10 bits per heavy atom. The molecule has 13 heteroatoms. The molecule has 1 fully saturated rings. The Morgan fingerprint density at radius 1 is 0.729 bits per heavy atom. The molecule has 274 valence electrons. The third-order valence-electron chi connectivity index (χ3n) is 7.17. The first-order chi connectivity index (χ1) is 23.0. The summed E-state index contributed by atoms with van der Waals surface area (Å²) in [5, 5.41) is 30.6. The Morgan fingerprint density at radius 2 is 1.40 bits per heavy atom. The van der Waals surface area contributed by atoms with Crippen molar-refractivity contribution in [2.75, 3.05) is 19.0 Å². The molecular weight excluding hydrogens is 644 g/mol. The minimum atomic E-state index is -4.60. The predicted molar refractivity (Wildman–Crippen MR) is 182 cm³/mol. The summed E-state index contributed by atoms with van der Waals surface area (Å²) < 4.78 is 53.4. The van der Waals surface area contributed by atoms with Crippen LogP contribution in [-0.2, 0) is 38.7 Å². The van der Waals surface area contributed by atoms with Crippen molar-refractivity contribution in [3.05, 3.63) is 60.8 Å². The summed E-state index contributed by atoms with van der Waals surface area (Å²) in [5.74, 6) is -2.12. The second kappa shape index (κ2) is 26.2. The third kappa shape index (κ3) is 21.3. The maximum absolute atomic E-state index is 12.6. The van der Waals surface area contributed by atoms with E-state index in [9.17, 15) is 33.3 Å². The summed E-state index contributed by atoms with van der Waals surface area (Å²) in [6.07, 6.45) is 19.2. The maximum atomic E-state index is 12.6. The minimum absolute atomic E-state index is 0.101. The molecule has 0 spiro atoms. The van der Waals surface area contributed by atoms with Gasteiger partial charge in [0.25, 0.3) is 10.1 Å².